The van der Waals surface area contributed by atoms with Crippen molar-refractivity contribution < 1.29 is 33.8 Å². The first-order valence-electron chi connectivity index (χ1n) is 25.9. The van der Waals surface area contributed by atoms with Gasteiger partial charge < -0.3 is 20.1 Å². The van der Waals surface area contributed by atoms with Crippen LogP contribution in [0.4, 0.5) is 16.6 Å². The molecule has 2 atom stereocenters. The molecule has 16 nitrogen and oxygen atoms in total. The summed E-state index contributed by atoms with van der Waals surface area (Å²) in [5.41, 5.74) is 7.96. The number of carboxylic acids is 1. The highest BCUT2D eigenvalue weighted by Gasteiger charge is 2.33. The largest absolute Gasteiger partial charge is 0.493 e. The Bertz CT molecular complexity index is 3340. The lowest BCUT2D eigenvalue weighted by Gasteiger charge is -2.33. The second-order valence-corrected chi connectivity index (χ2v) is 22.2. The number of hydrogen-bond acceptors (Lipinski definition) is 12. The number of imide groups is 1. The van der Waals surface area contributed by atoms with Crippen LogP contribution >= 0.6 is 11.3 Å². The molecule has 4 aromatic carbocycles. The van der Waals surface area contributed by atoms with Crippen LogP contribution in [-0.2, 0) is 39.8 Å². The van der Waals surface area contributed by atoms with Gasteiger partial charge >= 0.3 is 5.97 Å². The number of nitrogens with one attached hydrogen (secondary N) is 3. The molecule has 388 valence electrons. The van der Waals surface area contributed by atoms with E-state index in [-0.39, 0.29) is 35.7 Å². The van der Waals surface area contributed by atoms with Gasteiger partial charge in [0.25, 0.3) is 5.91 Å². The molecule has 1 unspecified atom stereocenters. The van der Waals surface area contributed by atoms with Gasteiger partial charge in [0.1, 0.15) is 11.6 Å². The van der Waals surface area contributed by atoms with E-state index in [1.165, 1.54) is 11.3 Å². The van der Waals surface area contributed by atoms with Gasteiger partial charge in [-0.3, -0.25) is 39.4 Å². The van der Waals surface area contributed by atoms with Gasteiger partial charge in [-0.1, -0.05) is 68.5 Å². The van der Waals surface area contributed by atoms with Crippen molar-refractivity contribution in [2.75, 3.05) is 48.3 Å². The number of nitrogens with zero attached hydrogens (tertiary/aromatic N) is 6. The lowest BCUT2D eigenvalue weighted by Crippen LogP contribution is -2.40. The van der Waals surface area contributed by atoms with Gasteiger partial charge in [-0.15, -0.1) is 0 Å². The third-order valence-electron chi connectivity index (χ3n) is 14.9. The molecule has 0 spiro atoms. The van der Waals surface area contributed by atoms with Crippen LogP contribution in [0.25, 0.3) is 32.2 Å². The molecule has 10 rings (SSSR count). The lowest BCUT2D eigenvalue weighted by molar-refractivity contribution is -0.134. The fourth-order valence-corrected chi connectivity index (χ4v) is 11.9. The number of carbonyl (C=O) groups excluding carboxylic acids is 4. The van der Waals surface area contributed by atoms with Crippen LogP contribution in [0.5, 0.6) is 5.75 Å². The Morgan fingerprint density at radius 3 is 2.55 bits per heavy atom. The molecular weight excluding hydrogens is 967 g/mol. The normalized spacial score (nSPS) is 17.2. The van der Waals surface area contributed by atoms with Crippen molar-refractivity contribution in [3.8, 4) is 16.9 Å². The number of amides is 4. The number of benzene rings is 4. The summed E-state index contributed by atoms with van der Waals surface area (Å²) in [7, 11) is 1.81. The zero-order valence-corrected chi connectivity index (χ0v) is 43.9. The smallest absolute Gasteiger partial charge is 0.355 e. The molecule has 2 fully saturated rings. The zero-order valence-electron chi connectivity index (χ0n) is 43.1. The molecule has 0 saturated carbocycles. The molecule has 0 bridgehead atoms. The van der Waals surface area contributed by atoms with Crippen molar-refractivity contribution in [1.82, 2.24) is 30.0 Å². The van der Waals surface area contributed by atoms with E-state index in [0.717, 1.165) is 94.1 Å². The van der Waals surface area contributed by atoms with Gasteiger partial charge in [0, 0.05) is 55.3 Å². The van der Waals surface area contributed by atoms with Crippen molar-refractivity contribution in [3.05, 3.63) is 124 Å². The predicted molar refractivity (Wildman–Crippen MR) is 292 cm³/mol. The minimum atomic E-state index is -1.12. The van der Waals surface area contributed by atoms with Gasteiger partial charge in [-0.25, -0.2) is 14.8 Å². The van der Waals surface area contributed by atoms with E-state index in [1.807, 2.05) is 98.9 Å². The predicted octanol–water partition coefficient (Wildman–Crippen LogP) is 9.78. The maximum atomic E-state index is 13.8. The van der Waals surface area contributed by atoms with E-state index in [1.54, 1.807) is 4.68 Å². The number of carboxylic acid groups (broad SMARTS) is 1. The molecule has 0 radical (unpaired) electrons. The summed E-state index contributed by atoms with van der Waals surface area (Å²) in [6.45, 7) is 11.7. The summed E-state index contributed by atoms with van der Waals surface area (Å²) < 4.78 is 9.15. The number of aryl methyl sites for hydroxylation is 1. The Kier molecular flexibility index (Phi) is 14.5. The maximum Gasteiger partial charge on any atom is 0.355 e. The summed E-state index contributed by atoms with van der Waals surface area (Å²) in [6.07, 6.45) is 6.31. The average molecular weight is 1030 g/mol. The van der Waals surface area contributed by atoms with Gasteiger partial charge in [0.2, 0.25) is 17.7 Å². The molecule has 4 amide bonds. The van der Waals surface area contributed by atoms with Crippen molar-refractivity contribution in [2.45, 2.75) is 96.9 Å². The number of fused-ring (bicyclic) bond motifs is 3. The first-order valence-corrected chi connectivity index (χ1v) is 26.8. The molecule has 3 aliphatic heterocycles. The summed E-state index contributed by atoms with van der Waals surface area (Å²) in [4.78, 5) is 78.5. The molecule has 4 N–H and O–H groups in total. The fraction of sp³-hybridized carbons (Fsp3) is 0.379. The molecule has 17 heteroatoms. The number of aromatic carboxylic acids is 1. The van der Waals surface area contributed by atoms with Crippen molar-refractivity contribution in [2.24, 2.45) is 13.0 Å². The summed E-state index contributed by atoms with van der Waals surface area (Å²) in [5, 5.41) is 25.3. The number of para-hydroxylation sites is 1. The lowest BCUT2D eigenvalue weighted by atomic mass is 9.80. The van der Waals surface area contributed by atoms with Crippen LogP contribution in [-0.4, -0.2) is 92.1 Å². The number of aromatic nitrogens is 4. The number of unbranched alkanes of at least 4 members (excludes halogenated alkanes) is 1. The molecule has 0 aliphatic carbocycles. The van der Waals surface area contributed by atoms with Crippen LogP contribution in [0.1, 0.15) is 120 Å². The van der Waals surface area contributed by atoms with Crippen molar-refractivity contribution in [1.29, 1.82) is 0 Å². The summed E-state index contributed by atoms with van der Waals surface area (Å²) >= 11 is 1.43. The Morgan fingerprint density at radius 2 is 1.75 bits per heavy atom. The highest BCUT2D eigenvalue weighted by atomic mass is 32.1. The maximum absolute atomic E-state index is 13.8. The van der Waals surface area contributed by atoms with Crippen LogP contribution in [0.2, 0.25) is 0 Å². The first-order chi connectivity index (χ1) is 36.1. The number of likely N-dealkylation sites (tertiary alicyclic amines) is 1. The second kappa shape index (κ2) is 21.4. The van der Waals surface area contributed by atoms with Crippen molar-refractivity contribution >= 4 is 78.7 Å². The summed E-state index contributed by atoms with van der Waals surface area (Å²) in [6, 6.07) is 27.0. The molecule has 3 aromatic heterocycles. The van der Waals surface area contributed by atoms with E-state index in [2.05, 4.69) is 56.6 Å². The van der Waals surface area contributed by atoms with E-state index >= 15 is 0 Å². The summed E-state index contributed by atoms with van der Waals surface area (Å²) in [5.74, 6) is -0.830. The van der Waals surface area contributed by atoms with Crippen LogP contribution in [0.15, 0.2) is 84.9 Å². The zero-order chi connectivity index (χ0) is 52.5. The van der Waals surface area contributed by atoms with Crippen LogP contribution in [0.3, 0.4) is 0 Å². The van der Waals surface area contributed by atoms with Gasteiger partial charge in [-0.05, 0) is 146 Å². The first kappa shape index (κ1) is 51.0. The molecule has 2 saturated heterocycles. The minimum absolute atomic E-state index is 0.0300. The quantitative estimate of drug-likeness (QED) is 0.0561. The van der Waals surface area contributed by atoms with E-state index in [9.17, 15) is 29.1 Å². The Labute approximate surface area is 439 Å². The van der Waals surface area contributed by atoms with E-state index < -0.39 is 17.3 Å². The number of piperidine rings is 2. The molecular formula is C58H63N9O7S. The van der Waals surface area contributed by atoms with Crippen LogP contribution < -0.4 is 25.6 Å². The second-order valence-electron chi connectivity index (χ2n) is 21.2. The molecule has 75 heavy (non-hydrogen) atoms. The highest BCUT2D eigenvalue weighted by molar-refractivity contribution is 7.22. The highest BCUT2D eigenvalue weighted by Crippen LogP contribution is 2.42. The number of pyridine rings is 1. The number of ether oxygens (including phenoxy) is 1. The average Bonchev–Trinajstić information content (AvgIpc) is 3.94. The number of rotatable bonds is 15. The number of anilines is 3. The number of thiazole rings is 1. The van der Waals surface area contributed by atoms with E-state index in [4.69, 9.17) is 9.72 Å². The van der Waals surface area contributed by atoms with Gasteiger partial charge in [0.15, 0.2) is 10.8 Å². The Balaban J connectivity index is 0.757. The van der Waals surface area contributed by atoms with Crippen molar-refractivity contribution in [3.63, 3.8) is 0 Å². The standard InChI is InChI=1S/C58H63N9O7S/c1-34-38(51-43(58(2,3)4)30-48(61-53(51)56(72)73)67-27-25-36-15-10-17-39(42(36)32-67)54(70)63-57-60-44-18-6-7-20-47(44)75-57)16-11-19-46(34)74-28-9-8-13-35-14-12-26-66(31-35)33-50(69)59-37-21-22-40-45(29-37)65(5)64-52(40)41-23-24-49(68)62-55(41)71/h6-7,10-11,15-22,29-30,35,41H,8-9,12-14,23-28,31-33H2,1-5H3,(H,59,69)(H,72,73)(H,60,63,70)(H,62,68,71)/t35-,41?/m0/s1. The number of hydrogen-bond donors (Lipinski definition) is 4. The number of carbonyl (C=O) groups is 5. The molecule has 7 aromatic rings. The fourth-order valence-electron chi connectivity index (χ4n) is 11.1. The SMILES string of the molecule is Cc1c(OCCCC[C@H]2CCCN(CC(=O)Nc3ccc4c(C5CCC(=O)NC5=O)nn(C)c4c3)C2)cccc1-c1c(C(C)(C)C)cc(N2CCc3cccc(C(=O)Nc4nc5ccccc5s4)c3C2)nc1C(=O)O. The minimum Gasteiger partial charge on any atom is -0.493 e. The Morgan fingerprint density at radius 1 is 0.920 bits per heavy atom. The molecule has 6 heterocycles. The van der Waals surface area contributed by atoms with Gasteiger partial charge in [-0.2, -0.15) is 5.10 Å². The van der Waals surface area contributed by atoms with Gasteiger partial charge in [0.05, 0.1) is 40.5 Å². The monoisotopic (exact) mass is 1030 g/mol. The Hall–Kier alpha value is -7.50. The third-order valence-corrected chi connectivity index (χ3v) is 15.8. The van der Waals surface area contributed by atoms with Crippen LogP contribution in [0, 0.1) is 12.8 Å². The van der Waals surface area contributed by atoms with E-state index in [0.29, 0.717) is 84.2 Å². The third kappa shape index (κ3) is 11.0. The topological polar surface area (TPSA) is 201 Å². The molecule has 3 aliphatic rings.